The Morgan fingerprint density at radius 2 is 1.85 bits per heavy atom. The Kier molecular flexibility index (Phi) is 5.73. The molecule has 5 nitrogen and oxygen atoms in total. The molecule has 1 aromatic heterocycles. The quantitative estimate of drug-likeness (QED) is 0.708. The van der Waals surface area contributed by atoms with Crippen molar-refractivity contribution in [2.45, 2.75) is 31.8 Å². The van der Waals surface area contributed by atoms with E-state index in [1.54, 1.807) is 23.1 Å². The fourth-order valence-corrected chi connectivity index (χ4v) is 2.87. The van der Waals surface area contributed by atoms with Crippen molar-refractivity contribution in [3.63, 3.8) is 0 Å². The third kappa shape index (κ3) is 4.75. The van der Waals surface area contributed by atoms with Crippen LogP contribution >= 0.6 is 0 Å². The SMILES string of the molecule is CC(CC(=O)NC(Cn1cncn1)c1ccccc1)c1ccc(F)cc1. The first-order valence-electron chi connectivity index (χ1n) is 8.54. The van der Waals surface area contributed by atoms with Crippen LogP contribution in [0.1, 0.15) is 36.4 Å². The van der Waals surface area contributed by atoms with Gasteiger partial charge < -0.3 is 5.32 Å². The van der Waals surface area contributed by atoms with Crippen molar-refractivity contribution < 1.29 is 9.18 Å². The van der Waals surface area contributed by atoms with Crippen LogP contribution in [-0.2, 0) is 11.3 Å². The van der Waals surface area contributed by atoms with Crippen molar-refractivity contribution in [1.82, 2.24) is 20.1 Å². The summed E-state index contributed by atoms with van der Waals surface area (Å²) in [5.74, 6) is -0.337. The zero-order valence-corrected chi connectivity index (χ0v) is 14.5. The number of carbonyl (C=O) groups is 1. The van der Waals surface area contributed by atoms with E-state index in [9.17, 15) is 9.18 Å². The Morgan fingerprint density at radius 3 is 2.50 bits per heavy atom. The van der Waals surface area contributed by atoms with Gasteiger partial charge in [0.25, 0.3) is 0 Å². The lowest BCUT2D eigenvalue weighted by molar-refractivity contribution is -0.122. The maximum Gasteiger partial charge on any atom is 0.221 e. The summed E-state index contributed by atoms with van der Waals surface area (Å²) in [5.41, 5.74) is 1.94. The zero-order chi connectivity index (χ0) is 18.4. The van der Waals surface area contributed by atoms with Gasteiger partial charge in [0.15, 0.2) is 0 Å². The molecule has 0 saturated carbocycles. The van der Waals surface area contributed by atoms with Gasteiger partial charge >= 0.3 is 0 Å². The first kappa shape index (κ1) is 17.8. The monoisotopic (exact) mass is 352 g/mol. The summed E-state index contributed by atoms with van der Waals surface area (Å²) >= 11 is 0. The van der Waals surface area contributed by atoms with Gasteiger partial charge in [-0.2, -0.15) is 5.10 Å². The Bertz CT molecular complexity index is 819. The van der Waals surface area contributed by atoms with Crippen molar-refractivity contribution in [3.8, 4) is 0 Å². The highest BCUT2D eigenvalue weighted by Crippen LogP contribution is 2.21. The normalized spacial score (nSPS) is 13.2. The predicted octanol–water partition coefficient (Wildman–Crippen LogP) is 3.47. The Hall–Kier alpha value is -3.02. The second-order valence-corrected chi connectivity index (χ2v) is 6.31. The van der Waals surface area contributed by atoms with E-state index in [1.165, 1.54) is 18.5 Å². The van der Waals surface area contributed by atoms with Gasteiger partial charge in [0, 0.05) is 6.42 Å². The highest BCUT2D eigenvalue weighted by Gasteiger charge is 2.18. The summed E-state index contributed by atoms with van der Waals surface area (Å²) in [6.07, 6.45) is 3.43. The molecule has 1 amide bonds. The average molecular weight is 352 g/mol. The van der Waals surface area contributed by atoms with E-state index in [-0.39, 0.29) is 23.7 Å². The number of nitrogens with one attached hydrogen (secondary N) is 1. The number of nitrogens with zero attached hydrogens (tertiary/aromatic N) is 3. The summed E-state index contributed by atoms with van der Waals surface area (Å²) in [6, 6.07) is 15.8. The van der Waals surface area contributed by atoms with Crippen molar-refractivity contribution >= 4 is 5.91 Å². The number of hydrogen-bond acceptors (Lipinski definition) is 3. The van der Waals surface area contributed by atoms with E-state index in [0.717, 1.165) is 11.1 Å². The van der Waals surface area contributed by atoms with Crippen LogP contribution in [0.3, 0.4) is 0 Å². The van der Waals surface area contributed by atoms with E-state index in [4.69, 9.17) is 0 Å². The van der Waals surface area contributed by atoms with Crippen molar-refractivity contribution in [2.75, 3.05) is 0 Å². The molecule has 0 fully saturated rings. The molecular weight excluding hydrogens is 331 g/mol. The number of hydrogen-bond donors (Lipinski definition) is 1. The molecule has 0 saturated heterocycles. The topological polar surface area (TPSA) is 59.8 Å². The molecule has 6 heteroatoms. The lowest BCUT2D eigenvalue weighted by Crippen LogP contribution is -2.32. The van der Waals surface area contributed by atoms with Crippen molar-refractivity contribution in [2.24, 2.45) is 0 Å². The summed E-state index contributed by atoms with van der Waals surface area (Å²) in [4.78, 5) is 16.5. The van der Waals surface area contributed by atoms with Gasteiger partial charge in [-0.05, 0) is 29.2 Å². The molecule has 0 radical (unpaired) electrons. The van der Waals surface area contributed by atoms with E-state index in [2.05, 4.69) is 15.4 Å². The minimum Gasteiger partial charge on any atom is -0.347 e. The summed E-state index contributed by atoms with van der Waals surface area (Å²) in [5, 5.41) is 7.21. The van der Waals surface area contributed by atoms with Gasteiger partial charge in [-0.1, -0.05) is 49.4 Å². The van der Waals surface area contributed by atoms with E-state index >= 15 is 0 Å². The lowest BCUT2D eigenvalue weighted by atomic mass is 9.97. The van der Waals surface area contributed by atoms with E-state index < -0.39 is 0 Å². The molecule has 2 unspecified atom stereocenters. The van der Waals surface area contributed by atoms with Gasteiger partial charge in [0.05, 0.1) is 12.6 Å². The van der Waals surface area contributed by atoms with Gasteiger partial charge in [-0.25, -0.2) is 9.37 Å². The molecule has 2 atom stereocenters. The van der Waals surface area contributed by atoms with E-state index in [1.807, 2.05) is 37.3 Å². The van der Waals surface area contributed by atoms with Crippen LogP contribution in [0.15, 0.2) is 67.3 Å². The standard InChI is InChI=1S/C20H21FN4O/c1-15(16-7-9-18(21)10-8-16)11-20(26)24-19(12-25-14-22-13-23-25)17-5-3-2-4-6-17/h2-10,13-15,19H,11-12H2,1H3,(H,24,26). The molecule has 0 spiro atoms. The highest BCUT2D eigenvalue weighted by molar-refractivity contribution is 5.77. The Balaban J connectivity index is 1.67. The lowest BCUT2D eigenvalue weighted by Gasteiger charge is -2.20. The third-order valence-electron chi connectivity index (χ3n) is 4.30. The molecule has 0 aliphatic carbocycles. The Labute approximate surface area is 151 Å². The smallest absolute Gasteiger partial charge is 0.221 e. The van der Waals surface area contributed by atoms with Gasteiger partial charge in [0.1, 0.15) is 18.5 Å². The van der Waals surface area contributed by atoms with Crippen LogP contribution in [0.5, 0.6) is 0 Å². The van der Waals surface area contributed by atoms with Crippen LogP contribution in [-0.4, -0.2) is 20.7 Å². The summed E-state index contributed by atoms with van der Waals surface area (Å²) in [7, 11) is 0. The highest BCUT2D eigenvalue weighted by atomic mass is 19.1. The van der Waals surface area contributed by atoms with Crippen LogP contribution in [0.4, 0.5) is 4.39 Å². The molecule has 134 valence electrons. The number of aromatic nitrogens is 3. The number of benzene rings is 2. The molecule has 3 rings (SSSR count). The third-order valence-corrected chi connectivity index (χ3v) is 4.30. The first-order valence-corrected chi connectivity index (χ1v) is 8.54. The second kappa shape index (κ2) is 8.38. The van der Waals surface area contributed by atoms with E-state index in [0.29, 0.717) is 13.0 Å². The number of halogens is 1. The minimum absolute atomic E-state index is 0.00149. The van der Waals surface area contributed by atoms with Gasteiger partial charge in [-0.15, -0.1) is 0 Å². The number of amides is 1. The second-order valence-electron chi connectivity index (χ2n) is 6.31. The summed E-state index contributed by atoms with van der Waals surface area (Å²) in [6.45, 7) is 2.46. The molecule has 26 heavy (non-hydrogen) atoms. The van der Waals surface area contributed by atoms with Crippen LogP contribution in [0, 0.1) is 5.82 Å². The van der Waals surface area contributed by atoms with Crippen molar-refractivity contribution in [1.29, 1.82) is 0 Å². The maximum atomic E-state index is 13.1. The van der Waals surface area contributed by atoms with Crippen LogP contribution in [0.2, 0.25) is 0 Å². The molecule has 0 aliphatic heterocycles. The van der Waals surface area contributed by atoms with Crippen LogP contribution in [0.25, 0.3) is 0 Å². The molecule has 2 aromatic carbocycles. The molecule has 0 aliphatic rings. The maximum absolute atomic E-state index is 13.1. The fraction of sp³-hybridized carbons (Fsp3) is 0.250. The van der Waals surface area contributed by atoms with Crippen LogP contribution < -0.4 is 5.32 Å². The van der Waals surface area contributed by atoms with Gasteiger partial charge in [0.2, 0.25) is 5.91 Å². The molecule has 0 bridgehead atoms. The largest absolute Gasteiger partial charge is 0.347 e. The molecular formula is C20H21FN4O. The Morgan fingerprint density at radius 1 is 1.12 bits per heavy atom. The average Bonchev–Trinajstić information content (AvgIpc) is 3.15. The predicted molar refractivity (Wildman–Crippen MR) is 96.8 cm³/mol. The zero-order valence-electron chi connectivity index (χ0n) is 14.5. The minimum atomic E-state index is -0.276. The fourth-order valence-electron chi connectivity index (χ4n) is 2.87. The van der Waals surface area contributed by atoms with Crippen molar-refractivity contribution in [3.05, 3.63) is 84.2 Å². The molecule has 1 heterocycles. The number of carbonyl (C=O) groups excluding carboxylic acids is 1. The molecule has 1 N–H and O–H groups in total. The summed E-state index contributed by atoms with van der Waals surface area (Å²) < 4.78 is 14.8. The van der Waals surface area contributed by atoms with Gasteiger partial charge in [-0.3, -0.25) is 9.48 Å². The first-order chi connectivity index (χ1) is 12.6. The molecule has 3 aromatic rings. The number of rotatable bonds is 7.